The molecule has 6 heteroatoms. The van der Waals surface area contributed by atoms with E-state index in [1.165, 1.54) is 12.1 Å². The highest BCUT2D eigenvalue weighted by Gasteiger charge is 2.29. The summed E-state index contributed by atoms with van der Waals surface area (Å²) in [5.41, 5.74) is 0.802. The molecule has 0 aliphatic heterocycles. The highest BCUT2D eigenvalue weighted by molar-refractivity contribution is 6.31. The SMILES string of the molecule is CNCC1CC(OCc2ccc([N+](=O)[O-])cc2Cl)C1. The van der Waals surface area contributed by atoms with Crippen molar-refractivity contribution >= 4 is 17.3 Å². The minimum absolute atomic E-state index is 0.00600. The summed E-state index contributed by atoms with van der Waals surface area (Å²) in [5.74, 6) is 0.697. The van der Waals surface area contributed by atoms with E-state index < -0.39 is 4.92 Å². The second-order valence-electron chi connectivity index (χ2n) is 4.86. The maximum absolute atomic E-state index is 10.6. The predicted molar refractivity (Wildman–Crippen MR) is 73.3 cm³/mol. The molecule has 1 N–H and O–H groups in total. The molecular weight excluding hydrogens is 268 g/mol. The number of halogens is 1. The molecule has 19 heavy (non-hydrogen) atoms. The third-order valence-corrected chi connectivity index (χ3v) is 3.76. The van der Waals surface area contributed by atoms with Gasteiger partial charge >= 0.3 is 0 Å². The zero-order chi connectivity index (χ0) is 13.8. The first-order chi connectivity index (χ1) is 9.10. The second-order valence-corrected chi connectivity index (χ2v) is 5.27. The fourth-order valence-electron chi connectivity index (χ4n) is 2.24. The molecular formula is C13H17ClN2O3. The summed E-state index contributed by atoms with van der Waals surface area (Å²) < 4.78 is 5.74. The van der Waals surface area contributed by atoms with Crippen LogP contribution in [0.25, 0.3) is 0 Å². The first-order valence-electron chi connectivity index (χ1n) is 6.29. The van der Waals surface area contributed by atoms with E-state index in [1.807, 2.05) is 7.05 Å². The maximum Gasteiger partial charge on any atom is 0.270 e. The van der Waals surface area contributed by atoms with Gasteiger partial charge in [-0.1, -0.05) is 11.6 Å². The molecule has 0 saturated heterocycles. The summed E-state index contributed by atoms with van der Waals surface area (Å²) in [6.45, 7) is 1.44. The van der Waals surface area contributed by atoms with Gasteiger partial charge in [0.25, 0.3) is 5.69 Å². The van der Waals surface area contributed by atoms with Crippen LogP contribution in [0.15, 0.2) is 18.2 Å². The summed E-state index contributed by atoms with van der Waals surface area (Å²) in [5, 5.41) is 14.1. The summed E-state index contributed by atoms with van der Waals surface area (Å²) in [7, 11) is 1.95. The first-order valence-corrected chi connectivity index (χ1v) is 6.67. The molecule has 1 saturated carbocycles. The monoisotopic (exact) mass is 284 g/mol. The van der Waals surface area contributed by atoms with Crippen molar-refractivity contribution in [2.24, 2.45) is 5.92 Å². The minimum Gasteiger partial charge on any atom is -0.373 e. The smallest absolute Gasteiger partial charge is 0.270 e. The Morgan fingerprint density at radius 2 is 2.26 bits per heavy atom. The topological polar surface area (TPSA) is 64.4 Å². The van der Waals surface area contributed by atoms with E-state index in [9.17, 15) is 10.1 Å². The van der Waals surface area contributed by atoms with Gasteiger partial charge in [-0.05, 0) is 44.0 Å². The number of nitro groups is 1. The Hall–Kier alpha value is -1.17. The first kappa shape index (κ1) is 14.2. The zero-order valence-electron chi connectivity index (χ0n) is 10.8. The van der Waals surface area contributed by atoms with Crippen molar-refractivity contribution in [2.75, 3.05) is 13.6 Å². The van der Waals surface area contributed by atoms with E-state index in [4.69, 9.17) is 16.3 Å². The van der Waals surface area contributed by atoms with Crippen LogP contribution in [0, 0.1) is 16.0 Å². The molecule has 1 aliphatic carbocycles. The van der Waals surface area contributed by atoms with Crippen molar-refractivity contribution in [3.63, 3.8) is 0 Å². The summed E-state index contributed by atoms with van der Waals surface area (Å²) >= 11 is 6.00. The van der Waals surface area contributed by atoms with Gasteiger partial charge < -0.3 is 10.1 Å². The summed E-state index contributed by atoms with van der Waals surface area (Å²) in [6.07, 6.45) is 2.40. The van der Waals surface area contributed by atoms with Crippen LogP contribution in [0.2, 0.25) is 5.02 Å². The van der Waals surface area contributed by atoms with Crippen LogP contribution in [0.4, 0.5) is 5.69 Å². The fourth-order valence-corrected chi connectivity index (χ4v) is 2.47. The molecule has 0 unspecified atom stereocenters. The van der Waals surface area contributed by atoms with E-state index in [1.54, 1.807) is 6.07 Å². The quantitative estimate of drug-likeness (QED) is 0.644. The van der Waals surface area contributed by atoms with Crippen LogP contribution in [-0.4, -0.2) is 24.6 Å². The Balaban J connectivity index is 1.82. The van der Waals surface area contributed by atoms with Crippen molar-refractivity contribution in [3.05, 3.63) is 38.9 Å². The van der Waals surface area contributed by atoms with Crippen LogP contribution in [0.3, 0.4) is 0 Å². The fraction of sp³-hybridized carbons (Fsp3) is 0.538. The van der Waals surface area contributed by atoms with Gasteiger partial charge in [0.2, 0.25) is 0 Å². The van der Waals surface area contributed by atoms with Crippen molar-refractivity contribution in [1.29, 1.82) is 0 Å². The average Bonchev–Trinajstić information content (AvgIpc) is 2.33. The molecule has 0 aromatic heterocycles. The normalized spacial score (nSPS) is 22.0. The number of benzene rings is 1. The molecule has 1 aromatic rings. The van der Waals surface area contributed by atoms with Crippen LogP contribution in [-0.2, 0) is 11.3 Å². The van der Waals surface area contributed by atoms with E-state index in [-0.39, 0.29) is 11.8 Å². The van der Waals surface area contributed by atoms with Crippen LogP contribution in [0.1, 0.15) is 18.4 Å². The van der Waals surface area contributed by atoms with Gasteiger partial charge in [-0.15, -0.1) is 0 Å². The largest absolute Gasteiger partial charge is 0.373 e. The van der Waals surface area contributed by atoms with Gasteiger partial charge in [0.1, 0.15) is 0 Å². The molecule has 1 aliphatic rings. The van der Waals surface area contributed by atoms with Gasteiger partial charge in [0.05, 0.1) is 22.7 Å². The standard InChI is InChI=1S/C13H17ClN2O3/c1-15-7-9-4-12(5-9)19-8-10-2-3-11(16(17)18)6-13(10)14/h2-3,6,9,12,15H,4-5,7-8H2,1H3. The number of non-ortho nitro benzene ring substituents is 1. The number of nitro benzene ring substituents is 1. The second kappa shape index (κ2) is 6.32. The molecule has 0 amide bonds. The van der Waals surface area contributed by atoms with Crippen molar-refractivity contribution < 1.29 is 9.66 Å². The molecule has 0 bridgehead atoms. The van der Waals surface area contributed by atoms with E-state index in [0.717, 1.165) is 24.9 Å². The van der Waals surface area contributed by atoms with E-state index >= 15 is 0 Å². The molecule has 0 spiro atoms. The molecule has 0 radical (unpaired) electrons. The number of nitrogens with one attached hydrogen (secondary N) is 1. The van der Waals surface area contributed by atoms with Gasteiger partial charge in [0.15, 0.2) is 0 Å². The van der Waals surface area contributed by atoms with Crippen molar-refractivity contribution in [3.8, 4) is 0 Å². The van der Waals surface area contributed by atoms with Gasteiger partial charge in [0, 0.05) is 12.1 Å². The Labute approximate surface area is 117 Å². The minimum atomic E-state index is -0.454. The molecule has 0 heterocycles. The van der Waals surface area contributed by atoms with Crippen molar-refractivity contribution in [2.45, 2.75) is 25.6 Å². The molecule has 0 atom stereocenters. The Morgan fingerprint density at radius 3 is 2.84 bits per heavy atom. The van der Waals surface area contributed by atoms with Gasteiger partial charge in [-0.2, -0.15) is 0 Å². The maximum atomic E-state index is 10.6. The third-order valence-electron chi connectivity index (χ3n) is 3.41. The Bertz CT molecular complexity index is 461. The number of hydrogen-bond acceptors (Lipinski definition) is 4. The van der Waals surface area contributed by atoms with E-state index in [0.29, 0.717) is 17.5 Å². The van der Waals surface area contributed by atoms with Gasteiger partial charge in [-0.3, -0.25) is 10.1 Å². The lowest BCUT2D eigenvalue weighted by Gasteiger charge is -2.35. The highest BCUT2D eigenvalue weighted by Crippen LogP contribution is 2.31. The Kier molecular flexibility index (Phi) is 4.74. The molecule has 5 nitrogen and oxygen atoms in total. The molecule has 1 fully saturated rings. The lowest BCUT2D eigenvalue weighted by molar-refractivity contribution is -0.384. The number of hydrogen-bond donors (Lipinski definition) is 1. The van der Waals surface area contributed by atoms with Crippen LogP contribution in [0.5, 0.6) is 0 Å². The lowest BCUT2D eigenvalue weighted by Crippen LogP contribution is -2.36. The number of nitrogens with zero attached hydrogens (tertiary/aromatic N) is 1. The molecule has 1 aromatic carbocycles. The average molecular weight is 285 g/mol. The third kappa shape index (κ3) is 3.65. The predicted octanol–water partition coefficient (Wildman–Crippen LogP) is 2.76. The Morgan fingerprint density at radius 1 is 1.53 bits per heavy atom. The highest BCUT2D eigenvalue weighted by atomic mass is 35.5. The molecule has 2 rings (SSSR count). The number of rotatable bonds is 6. The zero-order valence-corrected chi connectivity index (χ0v) is 11.5. The number of ether oxygens (including phenoxy) is 1. The lowest BCUT2D eigenvalue weighted by atomic mass is 9.82. The van der Waals surface area contributed by atoms with Crippen LogP contribution >= 0.6 is 11.6 Å². The summed E-state index contributed by atoms with van der Waals surface area (Å²) in [6, 6.07) is 4.48. The van der Waals surface area contributed by atoms with Crippen molar-refractivity contribution in [1.82, 2.24) is 5.32 Å². The molecule has 104 valence electrons. The van der Waals surface area contributed by atoms with E-state index in [2.05, 4.69) is 5.32 Å². The summed E-state index contributed by atoms with van der Waals surface area (Å²) in [4.78, 5) is 10.1. The van der Waals surface area contributed by atoms with Gasteiger partial charge in [-0.25, -0.2) is 0 Å². The van der Waals surface area contributed by atoms with Crippen LogP contribution < -0.4 is 5.32 Å².